The molecule has 0 aliphatic rings. The van der Waals surface area contributed by atoms with Crippen LogP contribution in [0.3, 0.4) is 0 Å². The van der Waals surface area contributed by atoms with E-state index in [9.17, 15) is 4.79 Å². The predicted octanol–water partition coefficient (Wildman–Crippen LogP) is 0.949. The molecule has 0 spiro atoms. The number of hydrogen-bond acceptors (Lipinski definition) is 3. The molecule has 2 N–H and O–H groups in total. The number of halogens is 1. The maximum absolute atomic E-state index is 11.2. The Morgan fingerprint density at radius 1 is 1.47 bits per heavy atom. The molecule has 1 atom stereocenters. The van der Waals surface area contributed by atoms with Crippen molar-refractivity contribution >= 4 is 18.3 Å². The molecule has 0 saturated heterocycles. The minimum absolute atomic E-state index is 0. The number of rotatable bonds is 8. The molecule has 1 amide bonds. The van der Waals surface area contributed by atoms with E-state index in [0.717, 1.165) is 13.0 Å². The molecular weight excluding hydrogens is 216 g/mol. The number of likely N-dealkylation sites (N-methyl/N-ethyl adjacent to an activating group) is 1. The van der Waals surface area contributed by atoms with Gasteiger partial charge >= 0.3 is 0 Å². The van der Waals surface area contributed by atoms with Gasteiger partial charge in [0, 0.05) is 32.7 Å². The quantitative estimate of drug-likeness (QED) is 0.619. The molecular formula is C10H23ClN2O2. The van der Waals surface area contributed by atoms with Gasteiger partial charge in [0.2, 0.25) is 5.91 Å². The second-order valence-corrected chi connectivity index (χ2v) is 3.36. The van der Waals surface area contributed by atoms with Crippen LogP contribution in [0.15, 0.2) is 0 Å². The first-order valence-corrected chi connectivity index (χ1v) is 5.19. The largest absolute Gasteiger partial charge is 0.385 e. The fourth-order valence-corrected chi connectivity index (χ4v) is 1.15. The molecule has 0 heterocycles. The summed E-state index contributed by atoms with van der Waals surface area (Å²) in [5.74, 6) is 0.104. The van der Waals surface area contributed by atoms with E-state index in [1.165, 1.54) is 0 Å². The van der Waals surface area contributed by atoms with Crippen LogP contribution in [0.1, 0.15) is 26.7 Å². The van der Waals surface area contributed by atoms with Gasteiger partial charge < -0.3 is 15.4 Å². The van der Waals surface area contributed by atoms with Crippen LogP contribution < -0.4 is 10.6 Å². The summed E-state index contributed by atoms with van der Waals surface area (Å²) < 4.78 is 4.86. The van der Waals surface area contributed by atoms with E-state index in [1.54, 1.807) is 7.11 Å². The highest BCUT2D eigenvalue weighted by Crippen LogP contribution is 1.89. The van der Waals surface area contributed by atoms with Crippen molar-refractivity contribution in [3.63, 3.8) is 0 Å². The predicted molar refractivity (Wildman–Crippen MR) is 64.5 cm³/mol. The van der Waals surface area contributed by atoms with Gasteiger partial charge in [-0.05, 0) is 19.9 Å². The summed E-state index contributed by atoms with van der Waals surface area (Å²) in [6, 6.07) is 0.339. The number of carbonyl (C=O) groups is 1. The Morgan fingerprint density at radius 2 is 2.13 bits per heavy atom. The first-order chi connectivity index (χ1) is 6.70. The van der Waals surface area contributed by atoms with Crippen LogP contribution in [0.2, 0.25) is 0 Å². The van der Waals surface area contributed by atoms with E-state index in [0.29, 0.717) is 25.6 Å². The van der Waals surface area contributed by atoms with Crippen molar-refractivity contribution in [2.75, 3.05) is 26.8 Å². The molecule has 0 aromatic rings. The molecule has 0 aromatic carbocycles. The van der Waals surface area contributed by atoms with Gasteiger partial charge in [-0.1, -0.05) is 6.92 Å². The van der Waals surface area contributed by atoms with E-state index in [2.05, 4.69) is 24.5 Å². The SMILES string of the molecule is CCN[C@H](C)CNC(=O)CCCOC.Cl. The van der Waals surface area contributed by atoms with Crippen molar-refractivity contribution in [2.45, 2.75) is 32.7 Å². The van der Waals surface area contributed by atoms with Crippen LogP contribution in [0.5, 0.6) is 0 Å². The number of methoxy groups -OCH3 is 1. The summed E-state index contributed by atoms with van der Waals surface area (Å²) in [5.41, 5.74) is 0. The zero-order valence-corrected chi connectivity index (χ0v) is 10.7. The third-order valence-electron chi connectivity index (χ3n) is 1.91. The zero-order valence-electron chi connectivity index (χ0n) is 9.84. The van der Waals surface area contributed by atoms with E-state index in [-0.39, 0.29) is 18.3 Å². The zero-order chi connectivity index (χ0) is 10.8. The normalized spacial score (nSPS) is 11.7. The Bertz CT molecular complexity index is 156. The van der Waals surface area contributed by atoms with E-state index < -0.39 is 0 Å². The summed E-state index contributed by atoms with van der Waals surface area (Å²) >= 11 is 0. The molecule has 0 unspecified atom stereocenters. The lowest BCUT2D eigenvalue weighted by Crippen LogP contribution is -2.38. The Morgan fingerprint density at radius 3 is 2.67 bits per heavy atom. The molecule has 92 valence electrons. The molecule has 0 radical (unpaired) electrons. The van der Waals surface area contributed by atoms with Crippen LogP contribution in [-0.4, -0.2) is 38.8 Å². The molecule has 15 heavy (non-hydrogen) atoms. The number of hydrogen-bond donors (Lipinski definition) is 2. The lowest BCUT2D eigenvalue weighted by Gasteiger charge is -2.12. The van der Waals surface area contributed by atoms with Gasteiger partial charge in [0.1, 0.15) is 0 Å². The Balaban J connectivity index is 0. The van der Waals surface area contributed by atoms with Gasteiger partial charge in [-0.2, -0.15) is 0 Å². The minimum Gasteiger partial charge on any atom is -0.385 e. The van der Waals surface area contributed by atoms with Crippen LogP contribution in [0.25, 0.3) is 0 Å². The lowest BCUT2D eigenvalue weighted by atomic mass is 10.3. The average Bonchev–Trinajstić information content (AvgIpc) is 2.16. The Hall–Kier alpha value is -0.320. The van der Waals surface area contributed by atoms with Gasteiger partial charge in [0.15, 0.2) is 0 Å². The van der Waals surface area contributed by atoms with Gasteiger partial charge in [0.25, 0.3) is 0 Å². The molecule has 0 fully saturated rings. The Kier molecular flexibility index (Phi) is 13.4. The fourth-order valence-electron chi connectivity index (χ4n) is 1.15. The third-order valence-corrected chi connectivity index (χ3v) is 1.91. The number of ether oxygens (including phenoxy) is 1. The highest BCUT2D eigenvalue weighted by atomic mass is 35.5. The number of nitrogens with one attached hydrogen (secondary N) is 2. The van der Waals surface area contributed by atoms with Crippen molar-refractivity contribution in [3.05, 3.63) is 0 Å². The van der Waals surface area contributed by atoms with Crippen molar-refractivity contribution in [1.82, 2.24) is 10.6 Å². The lowest BCUT2D eigenvalue weighted by molar-refractivity contribution is -0.121. The van der Waals surface area contributed by atoms with Crippen molar-refractivity contribution in [1.29, 1.82) is 0 Å². The molecule has 0 saturated carbocycles. The summed E-state index contributed by atoms with van der Waals surface area (Å²) in [4.78, 5) is 11.2. The summed E-state index contributed by atoms with van der Waals surface area (Å²) in [6.07, 6.45) is 1.34. The standard InChI is InChI=1S/C10H22N2O2.ClH/c1-4-11-9(2)8-12-10(13)6-5-7-14-3;/h9,11H,4-8H2,1-3H3,(H,12,13);1H/t9-;/m1./s1. The monoisotopic (exact) mass is 238 g/mol. The van der Waals surface area contributed by atoms with Crippen LogP contribution in [-0.2, 0) is 9.53 Å². The highest BCUT2D eigenvalue weighted by molar-refractivity contribution is 5.85. The van der Waals surface area contributed by atoms with Gasteiger partial charge in [0.05, 0.1) is 0 Å². The van der Waals surface area contributed by atoms with Crippen molar-refractivity contribution in [2.24, 2.45) is 0 Å². The summed E-state index contributed by atoms with van der Waals surface area (Å²) in [7, 11) is 1.64. The molecule has 0 rings (SSSR count). The average molecular weight is 239 g/mol. The summed E-state index contributed by atoms with van der Waals surface area (Å²) in [5, 5.41) is 6.10. The van der Waals surface area contributed by atoms with Gasteiger partial charge in [-0.3, -0.25) is 4.79 Å². The minimum atomic E-state index is 0. The molecule has 0 aliphatic carbocycles. The molecule has 0 aliphatic heterocycles. The Labute approximate surface area is 98.6 Å². The fraction of sp³-hybridized carbons (Fsp3) is 0.900. The van der Waals surface area contributed by atoms with Gasteiger partial charge in [-0.25, -0.2) is 0 Å². The third kappa shape index (κ3) is 11.6. The molecule has 5 heteroatoms. The first-order valence-electron chi connectivity index (χ1n) is 5.19. The van der Waals surface area contributed by atoms with Crippen molar-refractivity contribution < 1.29 is 9.53 Å². The number of amides is 1. The van der Waals surface area contributed by atoms with E-state index >= 15 is 0 Å². The molecule has 4 nitrogen and oxygen atoms in total. The maximum Gasteiger partial charge on any atom is 0.220 e. The van der Waals surface area contributed by atoms with Crippen LogP contribution in [0.4, 0.5) is 0 Å². The smallest absolute Gasteiger partial charge is 0.220 e. The van der Waals surface area contributed by atoms with Gasteiger partial charge in [-0.15, -0.1) is 12.4 Å². The first kappa shape index (κ1) is 17.1. The number of carbonyl (C=O) groups excluding carboxylic acids is 1. The highest BCUT2D eigenvalue weighted by Gasteiger charge is 2.03. The van der Waals surface area contributed by atoms with Crippen LogP contribution in [0, 0.1) is 0 Å². The van der Waals surface area contributed by atoms with E-state index in [1.807, 2.05) is 0 Å². The maximum atomic E-state index is 11.2. The van der Waals surface area contributed by atoms with E-state index in [4.69, 9.17) is 4.74 Å². The second kappa shape index (κ2) is 11.8. The van der Waals surface area contributed by atoms with Crippen LogP contribution >= 0.6 is 12.4 Å². The summed E-state index contributed by atoms with van der Waals surface area (Å²) in [6.45, 7) is 6.38. The molecule has 0 bridgehead atoms. The second-order valence-electron chi connectivity index (χ2n) is 3.36. The van der Waals surface area contributed by atoms with Crippen molar-refractivity contribution in [3.8, 4) is 0 Å². The molecule has 0 aromatic heterocycles. The topological polar surface area (TPSA) is 50.4 Å².